The van der Waals surface area contributed by atoms with Crippen LogP contribution in [0, 0.1) is 11.2 Å². The fourth-order valence-electron chi connectivity index (χ4n) is 3.82. The second-order valence-electron chi connectivity index (χ2n) is 8.24. The van der Waals surface area contributed by atoms with E-state index in [1.54, 1.807) is 36.6 Å². The molecule has 0 saturated carbocycles. The zero-order chi connectivity index (χ0) is 23.8. The normalized spacial score (nSPS) is 13.1. The summed E-state index contributed by atoms with van der Waals surface area (Å²) < 4.78 is 31.8. The summed E-state index contributed by atoms with van der Waals surface area (Å²) in [6.45, 7) is 4.03. The Morgan fingerprint density at radius 1 is 1.09 bits per heavy atom. The zero-order valence-corrected chi connectivity index (χ0v) is 19.5. The maximum absolute atomic E-state index is 13.6. The summed E-state index contributed by atoms with van der Waals surface area (Å²) in [6.07, 6.45) is 2.79. The number of nitrogens with zero attached hydrogens (tertiary/aromatic N) is 2. The van der Waals surface area contributed by atoms with E-state index in [1.807, 2.05) is 38.1 Å². The topological polar surface area (TPSA) is 92.2 Å². The van der Waals surface area contributed by atoms with Gasteiger partial charge in [-0.1, -0.05) is 44.2 Å². The van der Waals surface area contributed by atoms with E-state index in [4.69, 9.17) is 16.1 Å². The van der Waals surface area contributed by atoms with E-state index in [1.165, 1.54) is 18.3 Å². The number of benzene rings is 3. The Kier molecular flexibility index (Phi) is 5.99. The van der Waals surface area contributed by atoms with E-state index in [0.29, 0.717) is 27.4 Å². The predicted octanol–water partition coefficient (Wildman–Crippen LogP) is 6.78. The van der Waals surface area contributed by atoms with Crippen LogP contribution in [-0.4, -0.2) is 21.7 Å². The molecule has 4 rings (SSSR count). The van der Waals surface area contributed by atoms with Crippen molar-refractivity contribution in [2.75, 3.05) is 12.0 Å². The average Bonchev–Trinajstić information content (AvgIpc) is 2.79. The van der Waals surface area contributed by atoms with Crippen molar-refractivity contribution in [2.24, 2.45) is 4.36 Å². The Morgan fingerprint density at radius 3 is 2.36 bits per heavy atom. The molecule has 0 amide bonds. The molecule has 0 aliphatic carbocycles. The average molecular weight is 463 g/mol. The van der Waals surface area contributed by atoms with Gasteiger partial charge in [0.1, 0.15) is 5.82 Å². The number of halogens is 1. The van der Waals surface area contributed by atoms with Crippen LogP contribution < -0.4 is 5.73 Å². The first-order chi connectivity index (χ1) is 15.7. The number of hydrogen-bond donors (Lipinski definition) is 2. The molecule has 0 unspecified atom stereocenters. The van der Waals surface area contributed by atoms with Gasteiger partial charge in [-0.05, 0) is 53.3 Å². The molecular weight excluding hydrogens is 435 g/mol. The van der Waals surface area contributed by atoms with Crippen LogP contribution in [0.4, 0.5) is 15.9 Å². The Labute approximate surface area is 194 Å². The van der Waals surface area contributed by atoms with Crippen molar-refractivity contribution in [3.05, 3.63) is 83.8 Å². The summed E-state index contributed by atoms with van der Waals surface area (Å²) in [4.78, 5) is 5.46. The van der Waals surface area contributed by atoms with Gasteiger partial charge < -0.3 is 11.1 Å². The molecule has 7 heteroatoms. The minimum atomic E-state index is -2.78. The number of pyridine rings is 1. The van der Waals surface area contributed by atoms with Crippen molar-refractivity contribution in [1.82, 2.24) is 4.98 Å². The molecule has 0 aliphatic rings. The van der Waals surface area contributed by atoms with Gasteiger partial charge in [-0.15, -0.1) is 0 Å². The molecule has 3 aromatic carbocycles. The van der Waals surface area contributed by atoms with E-state index in [2.05, 4.69) is 4.36 Å². The van der Waals surface area contributed by atoms with Gasteiger partial charge in [0.15, 0.2) is 5.82 Å². The molecule has 1 heterocycles. The number of nitrogens with one attached hydrogen (secondary N) is 1. The number of hydrogen-bond acceptors (Lipinski definition) is 5. The molecule has 5 nitrogen and oxygen atoms in total. The molecule has 170 valence electrons. The number of nitrogens with two attached hydrogens (primary N) is 1. The van der Waals surface area contributed by atoms with Gasteiger partial charge in [0, 0.05) is 41.0 Å². The van der Waals surface area contributed by atoms with Gasteiger partial charge in [-0.3, -0.25) is 0 Å². The summed E-state index contributed by atoms with van der Waals surface area (Å²) in [5, 5.41) is 9.18. The lowest BCUT2D eigenvalue weighted by atomic mass is 9.91. The van der Waals surface area contributed by atoms with Gasteiger partial charge in [-0.25, -0.2) is 13.6 Å². The van der Waals surface area contributed by atoms with E-state index in [9.17, 15) is 8.60 Å². The largest absolute Gasteiger partial charge is 0.398 e. The fraction of sp³-hybridized carbons (Fsp3) is 0.154. The number of rotatable bonds is 5. The third-order valence-corrected chi connectivity index (χ3v) is 7.16. The smallest absolute Gasteiger partial charge is 0.170 e. The second kappa shape index (κ2) is 8.75. The number of aromatic nitrogens is 1. The van der Waals surface area contributed by atoms with Crippen molar-refractivity contribution >= 4 is 38.2 Å². The van der Waals surface area contributed by atoms with Gasteiger partial charge in [0.05, 0.1) is 15.4 Å². The predicted molar refractivity (Wildman–Crippen MR) is 137 cm³/mol. The first-order valence-corrected chi connectivity index (χ1v) is 12.4. The maximum Gasteiger partial charge on any atom is 0.170 e. The molecule has 0 radical (unpaired) electrons. The molecule has 1 aromatic heterocycles. The first kappa shape index (κ1) is 22.6. The van der Waals surface area contributed by atoms with E-state index in [-0.39, 0.29) is 13.2 Å². The Morgan fingerprint density at radius 2 is 1.76 bits per heavy atom. The maximum atomic E-state index is 13.6. The molecular formula is C26H27FN4OS. The van der Waals surface area contributed by atoms with Crippen molar-refractivity contribution in [3.8, 4) is 11.1 Å². The monoisotopic (exact) mass is 462 g/mol. The SMILES string of the molecule is CC(C)c1nc(N=[S@@](C)(=O)c2ccccc2)c2cc(N)c(C=N)cc2c1-c1ccc(F)cc1.[HH]. The lowest BCUT2D eigenvalue weighted by Gasteiger charge is -2.18. The third kappa shape index (κ3) is 4.36. The highest BCUT2D eigenvalue weighted by Gasteiger charge is 2.20. The van der Waals surface area contributed by atoms with Crippen LogP contribution in [0.1, 0.15) is 32.4 Å². The Balaban J connectivity index is 0.00000324. The van der Waals surface area contributed by atoms with Gasteiger partial charge in [-0.2, -0.15) is 4.36 Å². The minimum Gasteiger partial charge on any atom is -0.398 e. The van der Waals surface area contributed by atoms with Gasteiger partial charge in [0.2, 0.25) is 0 Å². The van der Waals surface area contributed by atoms with Gasteiger partial charge in [0.25, 0.3) is 0 Å². The van der Waals surface area contributed by atoms with E-state index < -0.39 is 9.73 Å². The van der Waals surface area contributed by atoms with Crippen LogP contribution in [-0.2, 0) is 9.73 Å². The summed E-state index contributed by atoms with van der Waals surface area (Å²) >= 11 is 0. The number of anilines is 1. The molecule has 33 heavy (non-hydrogen) atoms. The van der Waals surface area contributed by atoms with Crippen molar-refractivity contribution in [3.63, 3.8) is 0 Å². The summed E-state index contributed by atoms with van der Waals surface area (Å²) in [5.74, 6) is 0.0138. The van der Waals surface area contributed by atoms with E-state index in [0.717, 1.165) is 22.2 Å². The molecule has 0 aliphatic heterocycles. The highest BCUT2D eigenvalue weighted by molar-refractivity contribution is 7.93. The Bertz CT molecular complexity index is 1480. The summed E-state index contributed by atoms with van der Waals surface area (Å²) in [5.41, 5.74) is 9.53. The number of nitrogen functional groups attached to an aromatic ring is 1. The van der Waals surface area contributed by atoms with Crippen molar-refractivity contribution in [2.45, 2.75) is 24.7 Å². The summed E-state index contributed by atoms with van der Waals surface area (Å²) in [7, 11) is -2.78. The quantitative estimate of drug-likeness (QED) is 0.253. The highest BCUT2D eigenvalue weighted by atomic mass is 32.2. The second-order valence-corrected chi connectivity index (χ2v) is 10.5. The van der Waals surface area contributed by atoms with Crippen LogP contribution in [0.5, 0.6) is 0 Å². The lowest BCUT2D eigenvalue weighted by Crippen LogP contribution is -2.03. The van der Waals surface area contributed by atoms with Crippen LogP contribution in [0.25, 0.3) is 21.9 Å². The summed E-state index contributed by atoms with van der Waals surface area (Å²) in [6, 6.07) is 18.9. The molecule has 4 aromatic rings. The Hall–Kier alpha value is -3.58. The standard InChI is InChI=1S/C26H25FN4OS.H2/c1-16(2)25-24(17-9-11-19(27)12-10-17)21-13-18(15-28)23(29)14-22(21)26(30-25)31-33(3,32)20-7-5-4-6-8-20;/h4-16,28H,29H2,1-3H3;1H/t33-;/m0./s1. The zero-order valence-electron chi connectivity index (χ0n) is 18.7. The third-order valence-electron chi connectivity index (χ3n) is 5.49. The van der Waals surface area contributed by atoms with Crippen LogP contribution in [0.15, 0.2) is 76.0 Å². The lowest BCUT2D eigenvalue weighted by molar-refractivity contribution is 0.628. The highest BCUT2D eigenvalue weighted by Crippen LogP contribution is 2.41. The minimum absolute atomic E-state index is 0. The van der Waals surface area contributed by atoms with Crippen molar-refractivity contribution < 1.29 is 10.0 Å². The van der Waals surface area contributed by atoms with E-state index >= 15 is 0 Å². The molecule has 0 fully saturated rings. The molecule has 3 N–H and O–H groups in total. The van der Waals surface area contributed by atoms with Crippen LogP contribution >= 0.6 is 0 Å². The molecule has 0 bridgehead atoms. The van der Waals surface area contributed by atoms with Crippen molar-refractivity contribution in [1.29, 1.82) is 5.41 Å². The van der Waals surface area contributed by atoms with Gasteiger partial charge >= 0.3 is 0 Å². The number of fused-ring (bicyclic) bond motifs is 1. The molecule has 0 saturated heterocycles. The molecule has 0 spiro atoms. The van der Waals surface area contributed by atoms with Crippen LogP contribution in [0.3, 0.4) is 0 Å². The fourth-order valence-corrected chi connectivity index (χ4v) is 5.05. The molecule has 1 atom stereocenters. The van der Waals surface area contributed by atoms with Crippen LogP contribution in [0.2, 0.25) is 0 Å². The first-order valence-electron chi connectivity index (χ1n) is 10.5.